The minimum atomic E-state index is -0.384. The Morgan fingerprint density at radius 2 is 1.64 bits per heavy atom. The highest BCUT2D eigenvalue weighted by molar-refractivity contribution is 5.81. The summed E-state index contributed by atoms with van der Waals surface area (Å²) in [5.74, 6) is 1.25. The summed E-state index contributed by atoms with van der Waals surface area (Å²) in [6.07, 6.45) is 2.78. The van der Waals surface area contributed by atoms with Crippen LogP contribution in [-0.2, 0) is 4.79 Å². The summed E-state index contributed by atoms with van der Waals surface area (Å²) in [7, 11) is 0. The third kappa shape index (κ3) is 2.77. The van der Waals surface area contributed by atoms with Gasteiger partial charge in [0.05, 0.1) is 6.04 Å². The van der Waals surface area contributed by atoms with Crippen LogP contribution in [0.1, 0.15) is 60.3 Å². The van der Waals surface area contributed by atoms with Gasteiger partial charge in [-0.2, -0.15) is 0 Å². The number of nitrogens with one attached hydrogen (secondary N) is 1. The third-order valence-corrected chi connectivity index (χ3v) is 5.90. The van der Waals surface area contributed by atoms with E-state index in [1.54, 1.807) is 0 Å². The smallest absolute Gasteiger partial charge is 0.236 e. The second-order valence-electron chi connectivity index (χ2n) is 7.42. The van der Waals surface area contributed by atoms with E-state index >= 15 is 0 Å². The molecule has 0 aliphatic heterocycles. The van der Waals surface area contributed by atoms with Crippen LogP contribution in [0.5, 0.6) is 0 Å². The zero-order chi connectivity index (χ0) is 17.4. The summed E-state index contributed by atoms with van der Waals surface area (Å²) in [4.78, 5) is 12.2. The minimum absolute atomic E-state index is 0.00938. The number of carbonyl (C=O) groups is 1. The van der Waals surface area contributed by atoms with Gasteiger partial charge >= 0.3 is 0 Å². The first-order valence-electron chi connectivity index (χ1n) is 9.41. The average Bonchev–Trinajstić information content (AvgIpc) is 2.66. The summed E-state index contributed by atoms with van der Waals surface area (Å²) in [6, 6.07) is 17.2. The van der Waals surface area contributed by atoms with Crippen molar-refractivity contribution in [3.63, 3.8) is 0 Å². The van der Waals surface area contributed by atoms with Crippen molar-refractivity contribution in [3.8, 4) is 0 Å². The number of benzene rings is 2. The number of nitrogens with two attached hydrogens (primary N) is 1. The number of rotatable bonds is 5. The van der Waals surface area contributed by atoms with E-state index in [-0.39, 0.29) is 11.9 Å². The molecule has 0 fully saturated rings. The molecule has 130 valence electrons. The molecule has 0 radical (unpaired) electrons. The normalized spacial score (nSPS) is 24.3. The molecule has 1 amide bonds. The largest absolute Gasteiger partial charge is 0.354 e. The number of carbonyl (C=O) groups excluding carboxylic acids is 1. The van der Waals surface area contributed by atoms with Crippen LogP contribution in [0.3, 0.4) is 0 Å². The quantitative estimate of drug-likeness (QED) is 0.879. The molecule has 2 unspecified atom stereocenters. The molecule has 3 aliphatic carbocycles. The molecule has 2 atom stereocenters. The van der Waals surface area contributed by atoms with Gasteiger partial charge < -0.3 is 11.1 Å². The number of amides is 1. The molecule has 2 bridgehead atoms. The highest BCUT2D eigenvalue weighted by Gasteiger charge is 2.42. The van der Waals surface area contributed by atoms with Crippen LogP contribution in [0.4, 0.5) is 0 Å². The predicted octanol–water partition coefficient (Wildman–Crippen LogP) is 3.53. The van der Waals surface area contributed by atoms with Crippen LogP contribution in [0.25, 0.3) is 0 Å². The van der Waals surface area contributed by atoms with Gasteiger partial charge in [0.25, 0.3) is 0 Å². The highest BCUT2D eigenvalue weighted by atomic mass is 16.2. The lowest BCUT2D eigenvalue weighted by atomic mass is 9.59. The molecule has 2 aromatic carbocycles. The molecule has 5 rings (SSSR count). The Kier molecular flexibility index (Phi) is 4.34. The van der Waals surface area contributed by atoms with Crippen molar-refractivity contribution in [2.75, 3.05) is 6.54 Å². The molecule has 25 heavy (non-hydrogen) atoms. The van der Waals surface area contributed by atoms with E-state index in [2.05, 4.69) is 60.8 Å². The van der Waals surface area contributed by atoms with Crippen LogP contribution in [0.2, 0.25) is 0 Å². The lowest BCUT2D eigenvalue weighted by Gasteiger charge is -2.45. The van der Waals surface area contributed by atoms with Gasteiger partial charge in [0.2, 0.25) is 5.91 Å². The average molecular weight is 334 g/mol. The van der Waals surface area contributed by atoms with Crippen molar-refractivity contribution >= 4 is 5.91 Å². The molecule has 2 aromatic rings. The van der Waals surface area contributed by atoms with Crippen molar-refractivity contribution in [1.82, 2.24) is 5.32 Å². The van der Waals surface area contributed by atoms with E-state index in [1.807, 2.05) is 0 Å². The van der Waals surface area contributed by atoms with Gasteiger partial charge in [-0.25, -0.2) is 0 Å². The van der Waals surface area contributed by atoms with Gasteiger partial charge in [0, 0.05) is 18.4 Å². The zero-order valence-corrected chi connectivity index (χ0v) is 14.7. The minimum Gasteiger partial charge on any atom is -0.354 e. The number of fused-ring (bicyclic) bond motifs is 1. The molecule has 3 heteroatoms. The molecule has 3 nitrogen and oxygen atoms in total. The Labute approximate surface area is 149 Å². The van der Waals surface area contributed by atoms with Crippen molar-refractivity contribution in [2.24, 2.45) is 11.7 Å². The van der Waals surface area contributed by atoms with E-state index < -0.39 is 0 Å². The van der Waals surface area contributed by atoms with Crippen LogP contribution in [-0.4, -0.2) is 18.5 Å². The van der Waals surface area contributed by atoms with Gasteiger partial charge in [0.1, 0.15) is 0 Å². The Morgan fingerprint density at radius 1 is 1.08 bits per heavy atom. The SMILES string of the molecule is CCCC(N)C(=O)NCC1CC2c3ccccc3C1c1ccccc12. The third-order valence-electron chi connectivity index (χ3n) is 5.90. The van der Waals surface area contributed by atoms with Crippen LogP contribution < -0.4 is 11.1 Å². The van der Waals surface area contributed by atoms with Gasteiger partial charge in [-0.1, -0.05) is 61.9 Å². The fourth-order valence-electron chi connectivity index (χ4n) is 4.76. The van der Waals surface area contributed by atoms with Crippen molar-refractivity contribution in [2.45, 2.75) is 44.1 Å². The maximum absolute atomic E-state index is 12.2. The molecule has 3 N–H and O–H groups in total. The second kappa shape index (κ2) is 6.64. The Morgan fingerprint density at radius 3 is 2.20 bits per heavy atom. The van der Waals surface area contributed by atoms with Crippen LogP contribution in [0, 0.1) is 5.92 Å². The Balaban J connectivity index is 1.60. The number of hydrogen-bond acceptors (Lipinski definition) is 2. The standard InChI is InChI=1S/C22H26N2O/c1-2-7-20(23)22(25)24-13-14-12-19-15-8-3-5-10-17(15)21(14)18-11-6-4-9-16(18)19/h3-6,8-11,14,19-21H,2,7,12-13,23H2,1H3,(H,24,25). The van der Waals surface area contributed by atoms with Gasteiger partial charge in [-0.3, -0.25) is 4.79 Å². The first-order valence-corrected chi connectivity index (χ1v) is 9.41. The summed E-state index contributed by atoms with van der Waals surface area (Å²) in [5.41, 5.74) is 11.8. The molecular formula is C22H26N2O. The Hall–Kier alpha value is -2.13. The number of hydrogen-bond donors (Lipinski definition) is 2. The zero-order valence-electron chi connectivity index (χ0n) is 14.7. The van der Waals surface area contributed by atoms with Crippen molar-refractivity contribution < 1.29 is 4.79 Å². The summed E-state index contributed by atoms with van der Waals surface area (Å²) >= 11 is 0. The molecule has 0 saturated carbocycles. The van der Waals surface area contributed by atoms with Crippen LogP contribution in [0.15, 0.2) is 48.5 Å². The van der Waals surface area contributed by atoms with Gasteiger partial charge in [-0.05, 0) is 41.0 Å². The lowest BCUT2D eigenvalue weighted by molar-refractivity contribution is -0.122. The van der Waals surface area contributed by atoms with Crippen molar-refractivity contribution in [1.29, 1.82) is 0 Å². The maximum atomic E-state index is 12.2. The van der Waals surface area contributed by atoms with Crippen molar-refractivity contribution in [3.05, 3.63) is 70.8 Å². The monoisotopic (exact) mass is 334 g/mol. The fraction of sp³-hybridized carbons (Fsp3) is 0.409. The summed E-state index contributed by atoms with van der Waals surface area (Å²) < 4.78 is 0. The lowest BCUT2D eigenvalue weighted by Crippen LogP contribution is -2.45. The first-order chi connectivity index (χ1) is 12.2. The molecule has 0 aromatic heterocycles. The van der Waals surface area contributed by atoms with E-state index in [9.17, 15) is 4.79 Å². The Bertz CT molecular complexity index is 738. The predicted molar refractivity (Wildman–Crippen MR) is 101 cm³/mol. The van der Waals surface area contributed by atoms with Gasteiger partial charge in [0.15, 0.2) is 0 Å². The molecular weight excluding hydrogens is 308 g/mol. The topological polar surface area (TPSA) is 55.1 Å². The molecule has 3 aliphatic rings. The fourth-order valence-corrected chi connectivity index (χ4v) is 4.76. The highest BCUT2D eigenvalue weighted by Crippen LogP contribution is 2.55. The first kappa shape index (κ1) is 16.3. The maximum Gasteiger partial charge on any atom is 0.236 e. The molecule has 0 spiro atoms. The van der Waals surface area contributed by atoms with Gasteiger partial charge in [-0.15, -0.1) is 0 Å². The molecule has 0 heterocycles. The second-order valence-corrected chi connectivity index (χ2v) is 7.42. The van der Waals surface area contributed by atoms with E-state index in [1.165, 1.54) is 22.3 Å². The summed E-state index contributed by atoms with van der Waals surface area (Å²) in [5, 5.41) is 3.12. The summed E-state index contributed by atoms with van der Waals surface area (Å²) in [6.45, 7) is 2.77. The molecule has 0 saturated heterocycles. The van der Waals surface area contributed by atoms with E-state index in [0.717, 1.165) is 19.3 Å². The van der Waals surface area contributed by atoms with E-state index in [4.69, 9.17) is 5.73 Å². The van der Waals surface area contributed by atoms with E-state index in [0.29, 0.717) is 24.3 Å². The van der Waals surface area contributed by atoms with Crippen LogP contribution >= 0.6 is 0 Å².